The Labute approximate surface area is 184 Å². The molecule has 1 N–H and O–H groups in total. The van der Waals surface area contributed by atoms with Gasteiger partial charge in [-0.25, -0.2) is 0 Å². The lowest BCUT2D eigenvalue weighted by atomic mass is 10.1. The van der Waals surface area contributed by atoms with E-state index in [1.54, 1.807) is 13.2 Å². The van der Waals surface area contributed by atoms with Crippen molar-refractivity contribution in [1.82, 2.24) is 0 Å². The predicted molar refractivity (Wildman–Crippen MR) is 124 cm³/mol. The number of rotatable bonds is 8. The number of hydrogen-bond donors (Lipinski definition) is 1. The largest absolute Gasteiger partial charge is 0.495 e. The Morgan fingerprint density at radius 1 is 0.839 bits per heavy atom. The SMILES string of the molecule is CCOc1ccc(C(=O)Nc2cc(C)ccc2OC)cc1COc1cc(C)cc(C)c1. The summed E-state index contributed by atoms with van der Waals surface area (Å²) in [4.78, 5) is 12.9. The lowest BCUT2D eigenvalue weighted by molar-refractivity contribution is 0.102. The van der Waals surface area contributed by atoms with Crippen molar-refractivity contribution in [1.29, 1.82) is 0 Å². The summed E-state index contributed by atoms with van der Waals surface area (Å²) in [5.41, 5.74) is 5.27. The molecule has 0 atom stereocenters. The first kappa shape index (κ1) is 22.2. The third-order valence-electron chi connectivity index (χ3n) is 4.82. The zero-order valence-corrected chi connectivity index (χ0v) is 18.7. The number of anilines is 1. The van der Waals surface area contributed by atoms with Crippen LogP contribution < -0.4 is 19.5 Å². The van der Waals surface area contributed by atoms with Gasteiger partial charge in [0.15, 0.2) is 0 Å². The molecule has 5 nitrogen and oxygen atoms in total. The first-order valence-electron chi connectivity index (χ1n) is 10.3. The summed E-state index contributed by atoms with van der Waals surface area (Å²) in [7, 11) is 1.58. The molecule has 0 heterocycles. The second-order valence-corrected chi connectivity index (χ2v) is 7.53. The smallest absolute Gasteiger partial charge is 0.255 e. The normalized spacial score (nSPS) is 10.5. The van der Waals surface area contributed by atoms with Crippen molar-refractivity contribution in [2.75, 3.05) is 19.0 Å². The topological polar surface area (TPSA) is 56.8 Å². The summed E-state index contributed by atoms with van der Waals surface area (Å²) in [5, 5.41) is 2.94. The summed E-state index contributed by atoms with van der Waals surface area (Å²) in [5.74, 6) is 1.89. The van der Waals surface area contributed by atoms with E-state index in [-0.39, 0.29) is 5.91 Å². The highest BCUT2D eigenvalue weighted by Gasteiger charge is 2.14. The van der Waals surface area contributed by atoms with Gasteiger partial charge in [-0.1, -0.05) is 12.1 Å². The molecular formula is C26H29NO4. The zero-order chi connectivity index (χ0) is 22.4. The minimum atomic E-state index is -0.223. The van der Waals surface area contributed by atoms with E-state index in [9.17, 15) is 4.79 Å². The zero-order valence-electron chi connectivity index (χ0n) is 18.7. The predicted octanol–water partition coefficient (Wildman–Crippen LogP) is 5.85. The van der Waals surface area contributed by atoms with Crippen LogP contribution in [0.15, 0.2) is 54.6 Å². The van der Waals surface area contributed by atoms with Gasteiger partial charge >= 0.3 is 0 Å². The van der Waals surface area contributed by atoms with E-state index in [1.165, 1.54) is 0 Å². The van der Waals surface area contributed by atoms with Gasteiger partial charge in [0, 0.05) is 11.1 Å². The molecule has 162 valence electrons. The fourth-order valence-electron chi connectivity index (χ4n) is 3.42. The van der Waals surface area contributed by atoms with E-state index in [2.05, 4.69) is 11.4 Å². The Kier molecular flexibility index (Phi) is 7.19. The molecule has 3 aromatic rings. The van der Waals surface area contributed by atoms with Gasteiger partial charge in [0.25, 0.3) is 5.91 Å². The van der Waals surface area contributed by atoms with Crippen molar-refractivity contribution in [2.45, 2.75) is 34.3 Å². The van der Waals surface area contributed by atoms with Crippen LogP contribution in [0.4, 0.5) is 5.69 Å². The van der Waals surface area contributed by atoms with E-state index in [0.29, 0.717) is 36.0 Å². The fraction of sp³-hybridized carbons (Fsp3) is 0.269. The van der Waals surface area contributed by atoms with Crippen LogP contribution in [0.25, 0.3) is 0 Å². The molecule has 0 fully saturated rings. The van der Waals surface area contributed by atoms with Gasteiger partial charge in [0.1, 0.15) is 23.9 Å². The Morgan fingerprint density at radius 2 is 1.55 bits per heavy atom. The molecule has 1 amide bonds. The van der Waals surface area contributed by atoms with Gasteiger partial charge in [0.2, 0.25) is 0 Å². The lowest BCUT2D eigenvalue weighted by Gasteiger charge is -2.15. The third-order valence-corrected chi connectivity index (χ3v) is 4.82. The third kappa shape index (κ3) is 5.79. The van der Waals surface area contributed by atoms with Crippen LogP contribution in [-0.4, -0.2) is 19.6 Å². The van der Waals surface area contributed by atoms with Crippen molar-refractivity contribution in [3.05, 3.63) is 82.4 Å². The van der Waals surface area contributed by atoms with Gasteiger partial charge in [-0.2, -0.15) is 0 Å². The molecule has 3 rings (SSSR count). The monoisotopic (exact) mass is 419 g/mol. The van der Waals surface area contributed by atoms with E-state index >= 15 is 0 Å². The van der Waals surface area contributed by atoms with Crippen molar-refractivity contribution < 1.29 is 19.0 Å². The Balaban J connectivity index is 1.83. The van der Waals surface area contributed by atoms with Crippen LogP contribution in [0.1, 0.15) is 39.5 Å². The van der Waals surface area contributed by atoms with E-state index in [0.717, 1.165) is 28.0 Å². The van der Waals surface area contributed by atoms with Crippen LogP contribution in [0.3, 0.4) is 0 Å². The van der Waals surface area contributed by atoms with Crippen LogP contribution in [0.2, 0.25) is 0 Å². The molecule has 31 heavy (non-hydrogen) atoms. The minimum absolute atomic E-state index is 0.223. The van der Waals surface area contributed by atoms with E-state index < -0.39 is 0 Å². The number of carbonyl (C=O) groups excluding carboxylic acids is 1. The highest BCUT2D eigenvalue weighted by Crippen LogP contribution is 2.27. The average Bonchev–Trinajstić information content (AvgIpc) is 2.72. The summed E-state index contributed by atoms with van der Waals surface area (Å²) in [6, 6.07) is 17.1. The number of aryl methyl sites for hydroxylation is 3. The molecule has 3 aromatic carbocycles. The number of nitrogens with one attached hydrogen (secondary N) is 1. The maximum atomic E-state index is 12.9. The number of hydrogen-bond acceptors (Lipinski definition) is 4. The van der Waals surface area contributed by atoms with Crippen LogP contribution in [0.5, 0.6) is 17.2 Å². The summed E-state index contributed by atoms with van der Waals surface area (Å²) in [6.07, 6.45) is 0. The number of benzene rings is 3. The number of ether oxygens (including phenoxy) is 3. The van der Waals surface area contributed by atoms with Crippen molar-refractivity contribution in [3.8, 4) is 17.2 Å². The molecule has 0 aliphatic heterocycles. The first-order valence-corrected chi connectivity index (χ1v) is 10.3. The first-order chi connectivity index (χ1) is 14.9. The Hall–Kier alpha value is -3.47. The molecule has 0 unspecified atom stereocenters. The van der Waals surface area contributed by atoms with Gasteiger partial charge in [-0.05, 0) is 86.8 Å². The summed E-state index contributed by atoms with van der Waals surface area (Å²) >= 11 is 0. The van der Waals surface area contributed by atoms with Crippen LogP contribution >= 0.6 is 0 Å². The molecule has 0 saturated carbocycles. The molecule has 5 heteroatoms. The van der Waals surface area contributed by atoms with Crippen molar-refractivity contribution >= 4 is 11.6 Å². The lowest BCUT2D eigenvalue weighted by Crippen LogP contribution is -2.14. The minimum Gasteiger partial charge on any atom is -0.495 e. The van der Waals surface area contributed by atoms with Crippen molar-refractivity contribution in [3.63, 3.8) is 0 Å². The molecule has 0 aliphatic carbocycles. The van der Waals surface area contributed by atoms with E-state index in [4.69, 9.17) is 14.2 Å². The number of amides is 1. The van der Waals surface area contributed by atoms with Gasteiger partial charge in [-0.15, -0.1) is 0 Å². The molecule has 0 spiro atoms. The number of methoxy groups -OCH3 is 1. The summed E-state index contributed by atoms with van der Waals surface area (Å²) < 4.78 is 17.1. The average molecular weight is 420 g/mol. The van der Waals surface area contributed by atoms with Crippen molar-refractivity contribution in [2.24, 2.45) is 0 Å². The second-order valence-electron chi connectivity index (χ2n) is 7.53. The maximum absolute atomic E-state index is 12.9. The highest BCUT2D eigenvalue weighted by atomic mass is 16.5. The van der Waals surface area contributed by atoms with Crippen LogP contribution in [-0.2, 0) is 6.61 Å². The van der Waals surface area contributed by atoms with Crippen LogP contribution in [0, 0.1) is 20.8 Å². The molecule has 0 aliphatic rings. The molecular weight excluding hydrogens is 390 g/mol. The summed E-state index contributed by atoms with van der Waals surface area (Å²) in [6.45, 7) is 8.80. The standard InChI is InChI=1S/C26H29NO4/c1-6-30-24-10-8-20(26(28)27-23-14-17(2)7-9-25(23)29-5)15-21(24)16-31-22-12-18(3)11-19(4)13-22/h7-15H,6,16H2,1-5H3,(H,27,28). The highest BCUT2D eigenvalue weighted by molar-refractivity contribution is 6.05. The van der Waals surface area contributed by atoms with Gasteiger partial charge in [-0.3, -0.25) is 4.79 Å². The molecule has 0 bridgehead atoms. The maximum Gasteiger partial charge on any atom is 0.255 e. The van der Waals surface area contributed by atoms with Gasteiger partial charge < -0.3 is 19.5 Å². The number of carbonyl (C=O) groups is 1. The Bertz CT molecular complexity index is 1050. The Morgan fingerprint density at radius 3 is 2.23 bits per heavy atom. The van der Waals surface area contributed by atoms with E-state index in [1.807, 2.05) is 70.2 Å². The second kappa shape index (κ2) is 10.0. The van der Waals surface area contributed by atoms with Gasteiger partial charge in [0.05, 0.1) is 19.4 Å². The quantitative estimate of drug-likeness (QED) is 0.498. The fourth-order valence-corrected chi connectivity index (χ4v) is 3.42. The molecule has 0 saturated heterocycles. The molecule has 0 radical (unpaired) electrons. The molecule has 0 aromatic heterocycles.